The molecule has 5 heteroatoms. The van der Waals surface area contributed by atoms with E-state index in [4.69, 9.17) is 21.4 Å². The van der Waals surface area contributed by atoms with Crippen LogP contribution in [0, 0.1) is 12.3 Å². The minimum absolute atomic E-state index is 0.0356. The number of aliphatic hydroxyl groups is 2. The van der Waals surface area contributed by atoms with E-state index in [0.29, 0.717) is 18.7 Å². The molecule has 17 heavy (non-hydrogen) atoms. The first-order valence-electron chi connectivity index (χ1n) is 5.52. The maximum absolute atomic E-state index is 8.98. The van der Waals surface area contributed by atoms with E-state index in [1.54, 1.807) is 6.07 Å². The molecule has 0 heterocycles. The van der Waals surface area contributed by atoms with Crippen LogP contribution in [0.3, 0.4) is 0 Å². The van der Waals surface area contributed by atoms with Crippen molar-refractivity contribution in [2.45, 2.75) is 6.92 Å². The van der Waals surface area contributed by atoms with E-state index in [0.717, 1.165) is 11.3 Å². The number of nitrogens with one attached hydrogen (secondary N) is 1. The highest BCUT2D eigenvalue weighted by atomic mass is 16.3. The Kier molecular flexibility index (Phi) is 4.93. The first kappa shape index (κ1) is 13.5. The number of hydrogen-bond donors (Lipinski definition) is 4. The van der Waals surface area contributed by atoms with Gasteiger partial charge >= 0.3 is 0 Å². The molecular formula is C12H19N3O2. The number of nitrogens with zero attached hydrogens (tertiary/aromatic N) is 1. The van der Waals surface area contributed by atoms with E-state index in [-0.39, 0.29) is 19.0 Å². The van der Waals surface area contributed by atoms with Crippen molar-refractivity contribution in [3.05, 3.63) is 29.3 Å². The topological polar surface area (TPSA) is 93.6 Å². The fraction of sp³-hybridized carbons (Fsp3) is 0.417. The van der Waals surface area contributed by atoms with Crippen LogP contribution in [0.15, 0.2) is 18.2 Å². The molecule has 0 aliphatic carbocycles. The molecule has 0 spiro atoms. The second-order valence-electron chi connectivity index (χ2n) is 3.85. The molecular weight excluding hydrogens is 218 g/mol. The third-order valence-electron chi connectivity index (χ3n) is 2.59. The van der Waals surface area contributed by atoms with Crippen molar-refractivity contribution in [2.75, 3.05) is 31.2 Å². The molecule has 1 aromatic rings. The molecule has 5 nitrogen and oxygen atoms in total. The van der Waals surface area contributed by atoms with Crippen molar-refractivity contribution in [2.24, 2.45) is 5.73 Å². The van der Waals surface area contributed by atoms with E-state index in [1.807, 2.05) is 24.0 Å². The van der Waals surface area contributed by atoms with E-state index < -0.39 is 0 Å². The third kappa shape index (κ3) is 3.44. The Morgan fingerprint density at radius 1 is 1.29 bits per heavy atom. The molecule has 0 aliphatic heterocycles. The third-order valence-corrected chi connectivity index (χ3v) is 2.59. The zero-order chi connectivity index (χ0) is 12.8. The van der Waals surface area contributed by atoms with Gasteiger partial charge in [-0.3, -0.25) is 5.41 Å². The van der Waals surface area contributed by atoms with Crippen molar-refractivity contribution in [3.63, 3.8) is 0 Å². The zero-order valence-electron chi connectivity index (χ0n) is 9.98. The minimum atomic E-state index is 0.0356. The summed E-state index contributed by atoms with van der Waals surface area (Å²) in [6.45, 7) is 2.94. The highest BCUT2D eigenvalue weighted by Crippen LogP contribution is 2.20. The molecule has 0 fully saturated rings. The van der Waals surface area contributed by atoms with Crippen molar-refractivity contribution in [1.29, 1.82) is 5.41 Å². The average Bonchev–Trinajstić information content (AvgIpc) is 2.28. The largest absolute Gasteiger partial charge is 0.395 e. The first-order chi connectivity index (χ1) is 8.10. The lowest BCUT2D eigenvalue weighted by atomic mass is 10.1. The Morgan fingerprint density at radius 2 is 1.88 bits per heavy atom. The average molecular weight is 237 g/mol. The Morgan fingerprint density at radius 3 is 2.29 bits per heavy atom. The lowest BCUT2D eigenvalue weighted by Gasteiger charge is -2.25. The maximum atomic E-state index is 8.98. The van der Waals surface area contributed by atoms with Crippen molar-refractivity contribution >= 4 is 11.5 Å². The molecule has 0 aromatic heterocycles. The van der Waals surface area contributed by atoms with Crippen LogP contribution < -0.4 is 10.6 Å². The summed E-state index contributed by atoms with van der Waals surface area (Å²) in [4.78, 5) is 1.90. The van der Waals surface area contributed by atoms with Crippen molar-refractivity contribution in [3.8, 4) is 0 Å². The van der Waals surface area contributed by atoms with Crippen LogP contribution in [0.2, 0.25) is 0 Å². The number of rotatable bonds is 6. The Bertz CT molecular complexity index is 387. The molecule has 1 aromatic carbocycles. The molecule has 1 rings (SSSR count). The number of nitrogens with two attached hydrogens (primary N) is 1. The Labute approximate surface area is 101 Å². The summed E-state index contributed by atoms with van der Waals surface area (Å²) >= 11 is 0. The van der Waals surface area contributed by atoms with Gasteiger partial charge in [-0.05, 0) is 30.7 Å². The Balaban J connectivity index is 2.99. The molecule has 0 saturated heterocycles. The van der Waals surface area contributed by atoms with Crippen LogP contribution in [-0.2, 0) is 0 Å². The van der Waals surface area contributed by atoms with Gasteiger partial charge < -0.3 is 20.8 Å². The lowest BCUT2D eigenvalue weighted by molar-refractivity contribution is 0.281. The number of amidine groups is 1. The number of anilines is 1. The normalized spacial score (nSPS) is 10.3. The molecule has 0 saturated carbocycles. The first-order valence-corrected chi connectivity index (χ1v) is 5.52. The van der Waals surface area contributed by atoms with E-state index in [9.17, 15) is 0 Å². The minimum Gasteiger partial charge on any atom is -0.395 e. The van der Waals surface area contributed by atoms with Crippen molar-refractivity contribution in [1.82, 2.24) is 0 Å². The quantitative estimate of drug-likeness (QED) is 0.416. The molecule has 0 aliphatic rings. The van der Waals surface area contributed by atoms with Crippen LogP contribution >= 0.6 is 0 Å². The van der Waals surface area contributed by atoms with Crippen LogP contribution in [0.1, 0.15) is 11.1 Å². The van der Waals surface area contributed by atoms with E-state index in [1.165, 1.54) is 0 Å². The summed E-state index contributed by atoms with van der Waals surface area (Å²) in [6, 6.07) is 5.46. The number of benzene rings is 1. The molecule has 0 unspecified atom stereocenters. The summed E-state index contributed by atoms with van der Waals surface area (Å²) in [5, 5.41) is 25.3. The van der Waals surface area contributed by atoms with Crippen LogP contribution in [0.4, 0.5) is 5.69 Å². The highest BCUT2D eigenvalue weighted by molar-refractivity contribution is 5.95. The fourth-order valence-corrected chi connectivity index (χ4v) is 1.77. The van der Waals surface area contributed by atoms with Gasteiger partial charge in [-0.15, -0.1) is 0 Å². The molecule has 0 radical (unpaired) electrons. The predicted octanol–water partition coefficient (Wildman–Crippen LogP) is 0.0701. The molecule has 0 bridgehead atoms. The second-order valence-corrected chi connectivity index (χ2v) is 3.85. The summed E-state index contributed by atoms with van der Waals surface area (Å²) in [6.07, 6.45) is 0. The van der Waals surface area contributed by atoms with Gasteiger partial charge in [0.05, 0.1) is 13.2 Å². The number of nitrogen functional groups attached to an aromatic ring is 1. The summed E-state index contributed by atoms with van der Waals surface area (Å²) < 4.78 is 0. The fourth-order valence-electron chi connectivity index (χ4n) is 1.77. The highest BCUT2D eigenvalue weighted by Gasteiger charge is 2.09. The molecule has 0 atom stereocenters. The van der Waals surface area contributed by atoms with Gasteiger partial charge in [0.1, 0.15) is 5.84 Å². The van der Waals surface area contributed by atoms with Crippen molar-refractivity contribution < 1.29 is 10.2 Å². The maximum Gasteiger partial charge on any atom is 0.122 e. The summed E-state index contributed by atoms with van der Waals surface area (Å²) in [5.41, 5.74) is 8.01. The number of aliphatic hydroxyl groups excluding tert-OH is 2. The summed E-state index contributed by atoms with van der Waals surface area (Å²) in [7, 11) is 0. The standard InChI is InChI=1S/C12H19N3O2/c1-9-8-10(12(13)14)2-3-11(9)15(4-6-16)5-7-17/h2-3,8,16-17H,4-7H2,1H3,(H3,13,14). The van der Waals surface area contributed by atoms with E-state index in [2.05, 4.69) is 0 Å². The molecule has 0 amide bonds. The lowest BCUT2D eigenvalue weighted by Crippen LogP contribution is -2.30. The second kappa shape index (κ2) is 6.22. The van der Waals surface area contributed by atoms with Gasteiger partial charge in [0.15, 0.2) is 0 Å². The molecule has 94 valence electrons. The van der Waals surface area contributed by atoms with Crippen LogP contribution in [0.25, 0.3) is 0 Å². The van der Waals surface area contributed by atoms with Gasteiger partial charge in [0.2, 0.25) is 0 Å². The van der Waals surface area contributed by atoms with Gasteiger partial charge in [-0.1, -0.05) is 0 Å². The zero-order valence-corrected chi connectivity index (χ0v) is 9.98. The van der Waals surface area contributed by atoms with Gasteiger partial charge in [-0.2, -0.15) is 0 Å². The summed E-state index contributed by atoms with van der Waals surface area (Å²) in [5.74, 6) is 0.0375. The van der Waals surface area contributed by atoms with E-state index >= 15 is 0 Å². The van der Waals surface area contributed by atoms with Crippen LogP contribution in [0.5, 0.6) is 0 Å². The van der Waals surface area contributed by atoms with Gasteiger partial charge in [-0.25, -0.2) is 0 Å². The Hall–Kier alpha value is -1.59. The van der Waals surface area contributed by atoms with Gasteiger partial charge in [0, 0.05) is 24.3 Å². The monoisotopic (exact) mass is 237 g/mol. The number of aryl methyl sites for hydroxylation is 1. The van der Waals surface area contributed by atoms with Crippen LogP contribution in [-0.4, -0.2) is 42.4 Å². The van der Waals surface area contributed by atoms with Gasteiger partial charge in [0.25, 0.3) is 0 Å². The number of hydrogen-bond acceptors (Lipinski definition) is 4. The predicted molar refractivity (Wildman–Crippen MR) is 68.6 cm³/mol. The molecule has 5 N–H and O–H groups in total. The smallest absolute Gasteiger partial charge is 0.122 e. The SMILES string of the molecule is Cc1cc(C(=N)N)ccc1N(CCO)CCO.